The number of carbonyl (C=O) groups is 2. The van der Waals surface area contributed by atoms with Gasteiger partial charge in [0.1, 0.15) is 5.65 Å². The lowest BCUT2D eigenvalue weighted by Crippen LogP contribution is -2.12. The minimum Gasteiger partial charge on any atom is -0.454 e. The number of aromatic nitrogens is 2. The van der Waals surface area contributed by atoms with E-state index in [2.05, 4.69) is 4.98 Å². The summed E-state index contributed by atoms with van der Waals surface area (Å²) in [5.41, 5.74) is 1.74. The highest BCUT2D eigenvalue weighted by atomic mass is 35.5. The van der Waals surface area contributed by atoms with Gasteiger partial charge in [-0.05, 0) is 18.2 Å². The Hall–Kier alpha value is -2.92. The highest BCUT2D eigenvalue weighted by molar-refractivity contribution is 6.31. The minimum absolute atomic E-state index is 0.259. The first-order chi connectivity index (χ1) is 11.6. The topological polar surface area (TPSA) is 60.7 Å². The molecule has 3 aromatic rings. The van der Waals surface area contributed by atoms with E-state index >= 15 is 0 Å². The van der Waals surface area contributed by atoms with Crippen LogP contribution in [0.3, 0.4) is 0 Å². The molecule has 0 aliphatic heterocycles. The molecule has 0 unspecified atom stereocenters. The van der Waals surface area contributed by atoms with Crippen LogP contribution in [0.25, 0.3) is 11.7 Å². The second-order valence-electron chi connectivity index (χ2n) is 4.95. The van der Waals surface area contributed by atoms with Crippen LogP contribution in [-0.2, 0) is 9.53 Å². The molecule has 0 spiro atoms. The van der Waals surface area contributed by atoms with E-state index in [4.69, 9.17) is 16.3 Å². The van der Waals surface area contributed by atoms with Crippen molar-refractivity contribution in [3.05, 3.63) is 77.2 Å². The number of nitrogens with zero attached hydrogens (tertiary/aromatic N) is 2. The van der Waals surface area contributed by atoms with Gasteiger partial charge in [-0.2, -0.15) is 0 Å². The summed E-state index contributed by atoms with van der Waals surface area (Å²) in [6, 6.07) is 14.1. The molecule has 3 rings (SSSR count). The average molecular weight is 341 g/mol. The predicted molar refractivity (Wildman–Crippen MR) is 91.0 cm³/mol. The molecule has 0 bridgehead atoms. The molecular weight excluding hydrogens is 328 g/mol. The Kier molecular flexibility index (Phi) is 4.72. The Morgan fingerprint density at radius 2 is 1.88 bits per heavy atom. The molecule has 6 heteroatoms. The summed E-state index contributed by atoms with van der Waals surface area (Å²) >= 11 is 6.07. The van der Waals surface area contributed by atoms with E-state index in [-0.39, 0.29) is 17.5 Å². The van der Waals surface area contributed by atoms with Gasteiger partial charge in [0.15, 0.2) is 17.5 Å². The van der Waals surface area contributed by atoms with Gasteiger partial charge in [-0.3, -0.25) is 9.20 Å². The molecule has 5 nitrogen and oxygen atoms in total. The van der Waals surface area contributed by atoms with E-state index in [1.165, 1.54) is 12.2 Å². The fourth-order valence-electron chi connectivity index (χ4n) is 2.17. The van der Waals surface area contributed by atoms with Crippen LogP contribution in [0.15, 0.2) is 60.8 Å². The Morgan fingerprint density at radius 1 is 1.12 bits per heavy atom. The Balaban J connectivity index is 1.65. The van der Waals surface area contributed by atoms with Crippen LogP contribution in [0.4, 0.5) is 0 Å². The predicted octanol–water partition coefficient (Wildman–Crippen LogP) is 3.43. The molecule has 0 atom stereocenters. The van der Waals surface area contributed by atoms with Gasteiger partial charge in [-0.25, -0.2) is 9.78 Å². The normalized spacial score (nSPS) is 11.0. The maximum absolute atomic E-state index is 11.9. The number of imidazole rings is 1. The minimum atomic E-state index is -0.624. The van der Waals surface area contributed by atoms with Gasteiger partial charge in [0, 0.05) is 17.8 Å². The number of ketones is 1. The number of hydrogen-bond donors (Lipinski definition) is 0. The zero-order chi connectivity index (χ0) is 16.9. The van der Waals surface area contributed by atoms with Crippen LogP contribution < -0.4 is 0 Å². The molecule has 0 aliphatic carbocycles. The van der Waals surface area contributed by atoms with Crippen molar-refractivity contribution < 1.29 is 14.3 Å². The van der Waals surface area contributed by atoms with E-state index in [1.807, 2.05) is 18.2 Å². The molecule has 1 aromatic carbocycles. The molecule has 0 saturated heterocycles. The summed E-state index contributed by atoms with van der Waals surface area (Å²) in [4.78, 5) is 27.8. The third-order valence-corrected chi connectivity index (χ3v) is 3.62. The van der Waals surface area contributed by atoms with Gasteiger partial charge in [0.2, 0.25) is 0 Å². The van der Waals surface area contributed by atoms with Gasteiger partial charge < -0.3 is 4.74 Å². The number of rotatable bonds is 5. The summed E-state index contributed by atoms with van der Waals surface area (Å²) in [5, 5.41) is 0.283. The lowest BCUT2D eigenvalue weighted by Gasteiger charge is -2.01. The van der Waals surface area contributed by atoms with Gasteiger partial charge in [0.25, 0.3) is 0 Å². The lowest BCUT2D eigenvalue weighted by atomic mass is 10.1. The van der Waals surface area contributed by atoms with Crippen molar-refractivity contribution >= 4 is 35.1 Å². The second kappa shape index (κ2) is 7.10. The molecule has 0 amide bonds. The van der Waals surface area contributed by atoms with Crippen molar-refractivity contribution in [1.29, 1.82) is 0 Å². The van der Waals surface area contributed by atoms with E-state index in [0.717, 1.165) is 0 Å². The second-order valence-corrected chi connectivity index (χ2v) is 5.30. The summed E-state index contributed by atoms with van der Waals surface area (Å²) in [6.45, 7) is -0.311. The molecule has 2 aromatic heterocycles. The first-order valence-corrected chi connectivity index (χ1v) is 7.58. The number of fused-ring (bicyclic) bond motifs is 1. The van der Waals surface area contributed by atoms with Crippen LogP contribution in [0, 0.1) is 0 Å². The molecular formula is C18H13ClN2O3. The van der Waals surface area contributed by atoms with E-state index in [0.29, 0.717) is 16.9 Å². The highest BCUT2D eigenvalue weighted by Crippen LogP contribution is 2.18. The largest absolute Gasteiger partial charge is 0.454 e. The number of hydrogen-bond acceptors (Lipinski definition) is 4. The van der Waals surface area contributed by atoms with Crippen molar-refractivity contribution in [3.8, 4) is 0 Å². The third kappa shape index (κ3) is 3.52. The van der Waals surface area contributed by atoms with Gasteiger partial charge >= 0.3 is 5.97 Å². The molecule has 0 aliphatic rings. The number of ether oxygens (including phenoxy) is 1. The Labute approximate surface area is 143 Å². The molecule has 0 saturated carbocycles. The average Bonchev–Trinajstić information content (AvgIpc) is 2.93. The number of benzene rings is 1. The zero-order valence-electron chi connectivity index (χ0n) is 12.6. The maximum Gasteiger partial charge on any atom is 0.331 e. The van der Waals surface area contributed by atoms with Crippen molar-refractivity contribution in [1.82, 2.24) is 9.38 Å². The lowest BCUT2D eigenvalue weighted by molar-refractivity contribution is -0.136. The van der Waals surface area contributed by atoms with Crippen molar-refractivity contribution in [2.75, 3.05) is 6.61 Å². The van der Waals surface area contributed by atoms with Crippen LogP contribution in [0.1, 0.15) is 16.1 Å². The number of carbonyl (C=O) groups excluding carboxylic acids is 2. The van der Waals surface area contributed by atoms with E-state index in [9.17, 15) is 9.59 Å². The summed E-state index contributed by atoms with van der Waals surface area (Å²) in [7, 11) is 0. The first-order valence-electron chi connectivity index (χ1n) is 7.21. The smallest absolute Gasteiger partial charge is 0.331 e. The molecule has 0 radical (unpaired) electrons. The van der Waals surface area contributed by atoms with Crippen molar-refractivity contribution in [2.45, 2.75) is 0 Å². The fourth-order valence-corrected chi connectivity index (χ4v) is 2.41. The van der Waals surface area contributed by atoms with E-state index < -0.39 is 5.97 Å². The standard InChI is InChI=1S/C18H13ClN2O3/c19-18-14(21-11-5-4-8-16(21)20-18)9-10-17(23)24-12-15(22)13-6-2-1-3-7-13/h1-11H,12H2/b10-9+. The van der Waals surface area contributed by atoms with Crippen LogP contribution in [0.2, 0.25) is 5.15 Å². The van der Waals surface area contributed by atoms with Crippen molar-refractivity contribution in [3.63, 3.8) is 0 Å². The molecule has 120 valence electrons. The van der Waals surface area contributed by atoms with Crippen LogP contribution >= 0.6 is 11.6 Å². The molecule has 24 heavy (non-hydrogen) atoms. The van der Waals surface area contributed by atoms with Gasteiger partial charge in [-0.1, -0.05) is 48.0 Å². The number of pyridine rings is 1. The summed E-state index contributed by atoms with van der Waals surface area (Å²) < 4.78 is 6.71. The van der Waals surface area contributed by atoms with E-state index in [1.54, 1.807) is 40.9 Å². The fraction of sp³-hybridized carbons (Fsp3) is 0.0556. The zero-order valence-corrected chi connectivity index (χ0v) is 13.3. The Bertz CT molecular complexity index is 916. The third-order valence-electron chi connectivity index (χ3n) is 3.34. The Morgan fingerprint density at radius 3 is 2.67 bits per heavy atom. The monoisotopic (exact) mass is 340 g/mol. The number of Topliss-reactive ketones (excluding diaryl/α,β-unsaturated/α-hetero) is 1. The number of esters is 1. The number of halogens is 1. The molecule has 0 fully saturated rings. The van der Waals surface area contributed by atoms with Gasteiger partial charge in [0.05, 0.1) is 5.69 Å². The van der Waals surface area contributed by atoms with Crippen LogP contribution in [0.5, 0.6) is 0 Å². The maximum atomic E-state index is 11.9. The van der Waals surface area contributed by atoms with Gasteiger partial charge in [-0.15, -0.1) is 0 Å². The van der Waals surface area contributed by atoms with Crippen LogP contribution in [-0.4, -0.2) is 27.7 Å². The van der Waals surface area contributed by atoms with Crippen molar-refractivity contribution in [2.24, 2.45) is 0 Å². The SMILES string of the molecule is O=C(/C=C/c1c(Cl)nc2ccccn12)OCC(=O)c1ccccc1. The first kappa shape index (κ1) is 16.0. The quantitative estimate of drug-likeness (QED) is 0.405. The molecule has 2 heterocycles. The highest BCUT2D eigenvalue weighted by Gasteiger charge is 2.09. The summed E-state index contributed by atoms with van der Waals surface area (Å²) in [5.74, 6) is -0.883. The summed E-state index contributed by atoms with van der Waals surface area (Å²) in [6.07, 6.45) is 4.52. The molecule has 0 N–H and O–H groups in total.